The third-order valence-electron chi connectivity index (χ3n) is 3.77. The molecule has 1 aliphatic carbocycles. The molecule has 1 aliphatic rings. The first kappa shape index (κ1) is 13.9. The van der Waals surface area contributed by atoms with E-state index >= 15 is 0 Å². The second-order valence-corrected chi connectivity index (χ2v) is 5.64. The molecule has 1 saturated carbocycles. The Labute approximate surface area is 114 Å². The molecule has 0 atom stereocenters. The van der Waals surface area contributed by atoms with E-state index in [4.69, 9.17) is 0 Å². The quantitative estimate of drug-likeness (QED) is 0.642. The van der Waals surface area contributed by atoms with E-state index in [2.05, 4.69) is 15.9 Å². The Hall–Kier alpha value is -0.510. The van der Waals surface area contributed by atoms with Gasteiger partial charge in [-0.25, -0.2) is 0 Å². The number of rotatable bonds is 2. The van der Waals surface area contributed by atoms with Crippen molar-refractivity contribution >= 4 is 15.9 Å². The lowest BCUT2D eigenvalue weighted by atomic mass is 9.79. The molecular formula is C14H16BrF3. The number of halogens is 4. The van der Waals surface area contributed by atoms with E-state index in [-0.39, 0.29) is 0 Å². The van der Waals surface area contributed by atoms with E-state index in [0.717, 1.165) is 42.5 Å². The maximum Gasteiger partial charge on any atom is 0.416 e. The molecule has 0 saturated heterocycles. The van der Waals surface area contributed by atoms with Gasteiger partial charge in [-0.1, -0.05) is 28.1 Å². The van der Waals surface area contributed by atoms with Gasteiger partial charge in [-0.05, 0) is 55.2 Å². The molecular weight excluding hydrogens is 305 g/mol. The van der Waals surface area contributed by atoms with Gasteiger partial charge < -0.3 is 0 Å². The van der Waals surface area contributed by atoms with Crippen LogP contribution in [0.2, 0.25) is 0 Å². The van der Waals surface area contributed by atoms with E-state index in [0.29, 0.717) is 5.92 Å². The number of alkyl halides is 4. The van der Waals surface area contributed by atoms with E-state index in [1.807, 2.05) is 0 Å². The van der Waals surface area contributed by atoms with Crippen molar-refractivity contribution < 1.29 is 13.2 Å². The topological polar surface area (TPSA) is 0 Å². The molecule has 0 N–H and O–H groups in total. The summed E-state index contributed by atoms with van der Waals surface area (Å²) in [5.74, 6) is 1.17. The largest absolute Gasteiger partial charge is 0.416 e. The Bertz CT molecular complexity index is 375. The fourth-order valence-electron chi connectivity index (χ4n) is 2.59. The van der Waals surface area contributed by atoms with Crippen molar-refractivity contribution in [3.05, 3.63) is 35.4 Å². The summed E-state index contributed by atoms with van der Waals surface area (Å²) in [4.78, 5) is 0. The zero-order valence-electron chi connectivity index (χ0n) is 10.0. The molecule has 0 amide bonds. The first-order chi connectivity index (χ1) is 8.50. The summed E-state index contributed by atoms with van der Waals surface area (Å²) in [5, 5.41) is 1.03. The van der Waals surface area contributed by atoms with Crippen LogP contribution in [0.4, 0.5) is 13.2 Å². The summed E-state index contributed by atoms with van der Waals surface area (Å²) in [6, 6.07) is 5.68. The summed E-state index contributed by atoms with van der Waals surface area (Å²) in [5.41, 5.74) is 0.497. The summed E-state index contributed by atoms with van der Waals surface area (Å²) in [6.07, 6.45) is 0.267. The number of hydrogen-bond acceptors (Lipinski definition) is 0. The van der Waals surface area contributed by atoms with Gasteiger partial charge in [0.05, 0.1) is 5.56 Å². The van der Waals surface area contributed by atoms with Crippen molar-refractivity contribution in [2.75, 3.05) is 5.33 Å². The van der Waals surface area contributed by atoms with Crippen LogP contribution in [0.3, 0.4) is 0 Å². The highest BCUT2D eigenvalue weighted by atomic mass is 79.9. The van der Waals surface area contributed by atoms with Gasteiger partial charge in [-0.3, -0.25) is 0 Å². The Kier molecular flexibility index (Phi) is 4.36. The normalized spacial score (nSPS) is 25.1. The third-order valence-corrected chi connectivity index (χ3v) is 4.69. The molecule has 1 aromatic carbocycles. The fourth-order valence-corrected chi connectivity index (χ4v) is 3.24. The van der Waals surface area contributed by atoms with Gasteiger partial charge in [0.1, 0.15) is 0 Å². The van der Waals surface area contributed by atoms with Gasteiger partial charge in [0, 0.05) is 5.33 Å². The van der Waals surface area contributed by atoms with Crippen molar-refractivity contribution in [3.8, 4) is 0 Å². The molecule has 0 radical (unpaired) electrons. The maximum absolute atomic E-state index is 12.5. The third kappa shape index (κ3) is 3.28. The minimum atomic E-state index is -4.23. The lowest BCUT2D eigenvalue weighted by Crippen LogP contribution is -2.14. The van der Waals surface area contributed by atoms with Gasteiger partial charge in [0.2, 0.25) is 0 Å². The van der Waals surface area contributed by atoms with Crippen LogP contribution in [-0.2, 0) is 6.18 Å². The molecule has 0 spiro atoms. The monoisotopic (exact) mass is 320 g/mol. The SMILES string of the molecule is FC(F)(F)c1ccc(C2CCC(CBr)CC2)cc1. The van der Waals surface area contributed by atoms with E-state index in [1.54, 1.807) is 12.1 Å². The standard InChI is InChI=1S/C14H16BrF3/c15-9-10-1-3-11(4-2-10)12-5-7-13(8-6-12)14(16,17)18/h5-8,10-11H,1-4,9H2. The lowest BCUT2D eigenvalue weighted by molar-refractivity contribution is -0.137. The average molecular weight is 321 g/mol. The minimum Gasteiger partial charge on any atom is -0.166 e. The highest BCUT2D eigenvalue weighted by molar-refractivity contribution is 9.09. The van der Waals surface area contributed by atoms with Crippen LogP contribution in [0, 0.1) is 5.92 Å². The molecule has 0 aliphatic heterocycles. The van der Waals surface area contributed by atoms with Gasteiger partial charge in [0.15, 0.2) is 0 Å². The maximum atomic E-state index is 12.5. The molecule has 100 valence electrons. The molecule has 0 bridgehead atoms. The molecule has 0 nitrogen and oxygen atoms in total. The van der Waals surface area contributed by atoms with E-state index in [1.165, 1.54) is 12.1 Å². The molecule has 2 rings (SSSR count). The second-order valence-electron chi connectivity index (χ2n) is 4.99. The van der Waals surface area contributed by atoms with Gasteiger partial charge in [-0.15, -0.1) is 0 Å². The molecule has 4 heteroatoms. The first-order valence-electron chi connectivity index (χ1n) is 6.24. The zero-order valence-corrected chi connectivity index (χ0v) is 11.6. The Morgan fingerprint density at radius 1 is 1.00 bits per heavy atom. The minimum absolute atomic E-state index is 0.433. The summed E-state index contributed by atoms with van der Waals surface area (Å²) in [6.45, 7) is 0. The Morgan fingerprint density at radius 3 is 2.00 bits per heavy atom. The van der Waals surface area contributed by atoms with Crippen LogP contribution < -0.4 is 0 Å². The van der Waals surface area contributed by atoms with E-state index < -0.39 is 11.7 Å². The van der Waals surface area contributed by atoms with Crippen LogP contribution in [0.5, 0.6) is 0 Å². The smallest absolute Gasteiger partial charge is 0.166 e. The van der Waals surface area contributed by atoms with Gasteiger partial charge in [0.25, 0.3) is 0 Å². The molecule has 18 heavy (non-hydrogen) atoms. The fraction of sp³-hybridized carbons (Fsp3) is 0.571. The van der Waals surface area contributed by atoms with Crippen molar-refractivity contribution in [2.24, 2.45) is 5.92 Å². The number of hydrogen-bond donors (Lipinski definition) is 0. The predicted octanol–water partition coefficient (Wildman–Crippen LogP) is 5.37. The van der Waals surface area contributed by atoms with Crippen molar-refractivity contribution in [2.45, 2.75) is 37.8 Å². The van der Waals surface area contributed by atoms with Crippen LogP contribution in [0.25, 0.3) is 0 Å². The van der Waals surface area contributed by atoms with Crippen molar-refractivity contribution in [1.29, 1.82) is 0 Å². The predicted molar refractivity (Wildman–Crippen MR) is 69.9 cm³/mol. The van der Waals surface area contributed by atoms with Crippen LogP contribution >= 0.6 is 15.9 Å². The Balaban J connectivity index is 2.02. The summed E-state index contributed by atoms with van der Waals surface area (Å²) >= 11 is 3.49. The summed E-state index contributed by atoms with van der Waals surface area (Å²) < 4.78 is 37.4. The second kappa shape index (κ2) is 5.64. The van der Waals surface area contributed by atoms with Crippen LogP contribution in [-0.4, -0.2) is 5.33 Å². The van der Waals surface area contributed by atoms with Crippen LogP contribution in [0.15, 0.2) is 24.3 Å². The molecule has 1 fully saturated rings. The molecule has 0 heterocycles. The Morgan fingerprint density at radius 2 is 1.56 bits per heavy atom. The lowest BCUT2D eigenvalue weighted by Gasteiger charge is -2.27. The van der Waals surface area contributed by atoms with Gasteiger partial charge >= 0.3 is 6.18 Å². The molecule has 1 aromatic rings. The number of benzene rings is 1. The summed E-state index contributed by atoms with van der Waals surface area (Å²) in [7, 11) is 0. The highest BCUT2D eigenvalue weighted by Crippen LogP contribution is 2.37. The highest BCUT2D eigenvalue weighted by Gasteiger charge is 2.30. The zero-order chi connectivity index (χ0) is 13.2. The van der Waals surface area contributed by atoms with E-state index in [9.17, 15) is 13.2 Å². The van der Waals surface area contributed by atoms with Crippen LogP contribution in [0.1, 0.15) is 42.7 Å². The first-order valence-corrected chi connectivity index (χ1v) is 7.36. The van der Waals surface area contributed by atoms with Crippen molar-refractivity contribution in [1.82, 2.24) is 0 Å². The molecule has 0 unspecified atom stereocenters. The van der Waals surface area contributed by atoms with Crippen molar-refractivity contribution in [3.63, 3.8) is 0 Å². The average Bonchev–Trinajstić information content (AvgIpc) is 2.38. The molecule has 0 aromatic heterocycles. The van der Waals surface area contributed by atoms with Gasteiger partial charge in [-0.2, -0.15) is 13.2 Å².